The average Bonchev–Trinajstić information content (AvgIpc) is 2.98. The molecule has 0 fully saturated rings. The van der Waals surface area contributed by atoms with E-state index < -0.39 is 0 Å². The number of hydrogen-bond acceptors (Lipinski definition) is 6. The molecule has 0 spiro atoms. The van der Waals surface area contributed by atoms with Crippen molar-refractivity contribution in [2.45, 2.75) is 10.9 Å². The Balaban J connectivity index is 2.21. The molecule has 0 aromatic carbocycles. The van der Waals surface area contributed by atoms with Crippen molar-refractivity contribution in [1.29, 1.82) is 0 Å². The van der Waals surface area contributed by atoms with Gasteiger partial charge in [0.25, 0.3) is 0 Å². The van der Waals surface area contributed by atoms with Gasteiger partial charge in [-0.2, -0.15) is 0 Å². The maximum absolute atomic E-state index is 6.08. The van der Waals surface area contributed by atoms with Crippen molar-refractivity contribution in [2.75, 3.05) is 24.7 Å². The molecule has 0 bridgehead atoms. The lowest BCUT2D eigenvalue weighted by atomic mass is 10.2. The minimum Gasteiger partial charge on any atom is -0.463 e. The van der Waals surface area contributed by atoms with Crippen LogP contribution in [0.2, 0.25) is 0 Å². The third-order valence-electron chi connectivity index (χ3n) is 2.79. The Hall–Kier alpha value is -1.53. The van der Waals surface area contributed by atoms with Crippen LogP contribution in [-0.4, -0.2) is 29.8 Å². The summed E-state index contributed by atoms with van der Waals surface area (Å²) in [5.74, 6) is 2.27. The molecule has 6 heteroatoms. The maximum Gasteiger partial charge on any atom is 0.225 e. The number of hydrogen-bond donors (Lipinski definition) is 1. The van der Waals surface area contributed by atoms with Gasteiger partial charge in [0, 0.05) is 19.8 Å². The van der Waals surface area contributed by atoms with Gasteiger partial charge in [-0.1, -0.05) is 0 Å². The third kappa shape index (κ3) is 1.77. The Morgan fingerprint density at radius 3 is 2.94 bits per heavy atom. The molecular weight excluding hydrogens is 248 g/mol. The van der Waals surface area contributed by atoms with Gasteiger partial charge in [-0.25, -0.2) is 9.97 Å². The zero-order chi connectivity index (χ0) is 12.7. The summed E-state index contributed by atoms with van der Waals surface area (Å²) in [6.07, 6.45) is 1.65. The van der Waals surface area contributed by atoms with Gasteiger partial charge < -0.3 is 15.1 Å². The second kappa shape index (κ2) is 4.29. The van der Waals surface area contributed by atoms with Crippen molar-refractivity contribution in [3.63, 3.8) is 0 Å². The summed E-state index contributed by atoms with van der Waals surface area (Å²) >= 11 is 1.69. The average molecular weight is 262 g/mol. The van der Waals surface area contributed by atoms with Crippen LogP contribution in [-0.2, 0) is 0 Å². The summed E-state index contributed by atoms with van der Waals surface area (Å²) in [6.45, 7) is 0. The Labute approximate surface area is 109 Å². The minimum atomic E-state index is -0.0274. The molecule has 0 radical (unpaired) electrons. The van der Waals surface area contributed by atoms with Crippen LogP contribution in [0.15, 0.2) is 27.7 Å². The SMILES string of the molecule is CN(C)c1nc(-c2ccco2)c2c(n1)C(N)CS2. The number of fused-ring (bicyclic) bond motifs is 1. The zero-order valence-electron chi connectivity index (χ0n) is 10.3. The van der Waals surface area contributed by atoms with E-state index in [-0.39, 0.29) is 6.04 Å². The van der Waals surface area contributed by atoms with Gasteiger partial charge in [-0.3, -0.25) is 0 Å². The minimum absolute atomic E-state index is 0.0274. The van der Waals surface area contributed by atoms with Crippen molar-refractivity contribution in [3.8, 4) is 11.5 Å². The van der Waals surface area contributed by atoms with E-state index in [1.807, 2.05) is 31.1 Å². The first-order chi connectivity index (χ1) is 8.66. The largest absolute Gasteiger partial charge is 0.463 e. The first kappa shape index (κ1) is 11.6. The first-order valence-electron chi connectivity index (χ1n) is 5.68. The van der Waals surface area contributed by atoms with E-state index in [0.717, 1.165) is 27.8 Å². The molecule has 0 saturated heterocycles. The number of rotatable bonds is 2. The number of nitrogens with two attached hydrogens (primary N) is 1. The lowest BCUT2D eigenvalue weighted by Crippen LogP contribution is -2.17. The van der Waals surface area contributed by atoms with E-state index in [0.29, 0.717) is 5.95 Å². The van der Waals surface area contributed by atoms with Gasteiger partial charge in [0.05, 0.1) is 22.9 Å². The quantitative estimate of drug-likeness (QED) is 0.891. The van der Waals surface area contributed by atoms with E-state index in [1.165, 1.54) is 0 Å². The van der Waals surface area contributed by atoms with Crippen LogP contribution in [0.5, 0.6) is 0 Å². The van der Waals surface area contributed by atoms with Gasteiger partial charge in [-0.15, -0.1) is 11.8 Å². The van der Waals surface area contributed by atoms with Crippen molar-refractivity contribution in [1.82, 2.24) is 9.97 Å². The van der Waals surface area contributed by atoms with E-state index in [4.69, 9.17) is 10.2 Å². The van der Waals surface area contributed by atoms with Crippen LogP contribution in [0.3, 0.4) is 0 Å². The van der Waals surface area contributed by atoms with E-state index in [2.05, 4.69) is 9.97 Å². The number of nitrogens with zero attached hydrogens (tertiary/aromatic N) is 3. The monoisotopic (exact) mass is 262 g/mol. The molecule has 2 N–H and O–H groups in total. The summed E-state index contributed by atoms with van der Waals surface area (Å²) in [5.41, 5.74) is 7.84. The molecule has 1 atom stereocenters. The molecule has 0 aliphatic carbocycles. The summed E-state index contributed by atoms with van der Waals surface area (Å²) < 4.78 is 5.45. The smallest absolute Gasteiger partial charge is 0.225 e. The second-order valence-corrected chi connectivity index (χ2v) is 5.41. The fraction of sp³-hybridized carbons (Fsp3) is 0.333. The highest BCUT2D eigenvalue weighted by Crippen LogP contribution is 2.42. The molecule has 18 heavy (non-hydrogen) atoms. The lowest BCUT2D eigenvalue weighted by molar-refractivity contribution is 0.577. The fourth-order valence-corrected chi connectivity index (χ4v) is 3.01. The molecule has 1 aliphatic rings. The number of thioether (sulfide) groups is 1. The predicted molar refractivity (Wildman–Crippen MR) is 71.7 cm³/mol. The van der Waals surface area contributed by atoms with Crippen LogP contribution in [0.1, 0.15) is 11.7 Å². The molecule has 1 aliphatic heterocycles. The molecule has 3 heterocycles. The Kier molecular flexibility index (Phi) is 2.76. The van der Waals surface area contributed by atoms with Crippen molar-refractivity contribution in [2.24, 2.45) is 5.73 Å². The van der Waals surface area contributed by atoms with Crippen molar-refractivity contribution in [3.05, 3.63) is 24.1 Å². The summed E-state index contributed by atoms with van der Waals surface area (Å²) in [6, 6.07) is 3.74. The Morgan fingerprint density at radius 1 is 1.44 bits per heavy atom. The zero-order valence-corrected chi connectivity index (χ0v) is 11.1. The maximum atomic E-state index is 6.08. The number of anilines is 1. The molecule has 94 valence electrons. The summed E-state index contributed by atoms with van der Waals surface area (Å²) in [7, 11) is 3.84. The Bertz CT molecular complexity index is 568. The standard InChI is InChI=1S/C12H14N4OS/c1-16(2)12-14-9-7(13)6-18-11(9)10(15-12)8-4-3-5-17-8/h3-5,7H,6,13H2,1-2H3. The molecule has 2 aromatic rings. The second-order valence-electron chi connectivity index (χ2n) is 4.38. The van der Waals surface area contributed by atoms with Crippen LogP contribution < -0.4 is 10.6 Å². The third-order valence-corrected chi connectivity index (χ3v) is 4.01. The molecule has 3 rings (SSSR count). The predicted octanol–water partition coefficient (Wildman–Crippen LogP) is 1.91. The molecule has 0 amide bonds. The van der Waals surface area contributed by atoms with Gasteiger partial charge in [0.1, 0.15) is 5.69 Å². The number of aromatic nitrogens is 2. The van der Waals surface area contributed by atoms with Crippen molar-refractivity contribution >= 4 is 17.7 Å². The van der Waals surface area contributed by atoms with Crippen LogP contribution >= 0.6 is 11.8 Å². The van der Waals surface area contributed by atoms with Gasteiger partial charge in [0.2, 0.25) is 5.95 Å². The molecule has 0 saturated carbocycles. The van der Waals surface area contributed by atoms with E-state index in [9.17, 15) is 0 Å². The van der Waals surface area contributed by atoms with Gasteiger partial charge in [-0.05, 0) is 12.1 Å². The number of furan rings is 1. The molecule has 1 unspecified atom stereocenters. The Morgan fingerprint density at radius 2 is 2.28 bits per heavy atom. The molecule has 5 nitrogen and oxygen atoms in total. The normalized spacial score (nSPS) is 17.8. The fourth-order valence-electron chi connectivity index (χ4n) is 1.88. The van der Waals surface area contributed by atoms with Crippen LogP contribution in [0.4, 0.5) is 5.95 Å². The van der Waals surface area contributed by atoms with Crippen molar-refractivity contribution < 1.29 is 4.42 Å². The highest BCUT2D eigenvalue weighted by Gasteiger charge is 2.28. The van der Waals surface area contributed by atoms with Crippen LogP contribution in [0.25, 0.3) is 11.5 Å². The van der Waals surface area contributed by atoms with E-state index in [1.54, 1.807) is 18.0 Å². The first-order valence-corrected chi connectivity index (χ1v) is 6.67. The summed E-state index contributed by atoms with van der Waals surface area (Å²) in [5, 5.41) is 0. The lowest BCUT2D eigenvalue weighted by Gasteiger charge is -2.14. The summed E-state index contributed by atoms with van der Waals surface area (Å²) in [4.78, 5) is 12.0. The molecular formula is C12H14N4OS. The highest BCUT2D eigenvalue weighted by molar-refractivity contribution is 7.99. The molecule has 2 aromatic heterocycles. The highest BCUT2D eigenvalue weighted by atomic mass is 32.2. The van der Waals surface area contributed by atoms with Crippen LogP contribution in [0, 0.1) is 0 Å². The van der Waals surface area contributed by atoms with Gasteiger partial charge >= 0.3 is 0 Å². The topological polar surface area (TPSA) is 68.2 Å². The van der Waals surface area contributed by atoms with Gasteiger partial charge in [0.15, 0.2) is 5.76 Å². The van der Waals surface area contributed by atoms with E-state index >= 15 is 0 Å².